The molecular weight excluding hydrogens is 214 g/mol. The molecule has 0 bridgehead atoms. The number of likely N-dealkylation sites (N-methyl/N-ethyl adjacent to an activating group) is 1. The van der Waals surface area contributed by atoms with E-state index in [1.807, 2.05) is 11.3 Å². The van der Waals surface area contributed by atoms with Gasteiger partial charge in [-0.3, -0.25) is 0 Å². The number of thiophene rings is 1. The molecule has 2 aromatic rings. The fourth-order valence-electron chi connectivity index (χ4n) is 2.03. The fourth-order valence-corrected chi connectivity index (χ4v) is 3.03. The molecule has 0 saturated heterocycles. The Morgan fingerprint density at radius 1 is 1.19 bits per heavy atom. The zero-order valence-electron chi connectivity index (χ0n) is 10.1. The number of hydrogen-bond donors (Lipinski definition) is 0. The smallest absolute Gasteiger partial charge is 0.0345 e. The number of nitrogens with zero attached hydrogens (tertiary/aromatic N) is 1. The fraction of sp³-hybridized carbons (Fsp3) is 0.429. The molecule has 86 valence electrons. The van der Waals surface area contributed by atoms with Crippen LogP contribution in [0.5, 0.6) is 0 Å². The average Bonchev–Trinajstić information content (AvgIpc) is 2.70. The molecule has 0 aliphatic heterocycles. The van der Waals surface area contributed by atoms with Crippen molar-refractivity contribution in [3.8, 4) is 0 Å². The molecule has 0 amide bonds. The van der Waals surface area contributed by atoms with Crippen molar-refractivity contribution in [1.82, 2.24) is 4.90 Å². The summed E-state index contributed by atoms with van der Waals surface area (Å²) in [5.74, 6) is 0. The summed E-state index contributed by atoms with van der Waals surface area (Å²) in [7, 11) is 2.21. The Bertz CT molecular complexity index is 447. The van der Waals surface area contributed by atoms with Crippen LogP contribution in [0, 0.1) is 0 Å². The number of rotatable bonds is 5. The lowest BCUT2D eigenvalue weighted by molar-refractivity contribution is 0.339. The Labute approximate surface area is 102 Å². The standard InChI is InChI=1S/C14H19NS/c1-3-9-15(2)10-8-12-11-16-14-7-5-4-6-13(12)14/h4-7,11H,3,8-10H2,1-2H3. The molecule has 0 spiro atoms. The van der Waals surface area contributed by atoms with Gasteiger partial charge in [-0.25, -0.2) is 0 Å². The topological polar surface area (TPSA) is 3.24 Å². The Balaban J connectivity index is 2.04. The van der Waals surface area contributed by atoms with E-state index in [1.165, 1.54) is 35.0 Å². The maximum absolute atomic E-state index is 2.41. The second-order valence-electron chi connectivity index (χ2n) is 4.31. The molecule has 0 N–H and O–H groups in total. The van der Waals surface area contributed by atoms with E-state index >= 15 is 0 Å². The third kappa shape index (κ3) is 2.63. The van der Waals surface area contributed by atoms with Gasteiger partial charge in [0.25, 0.3) is 0 Å². The normalized spacial score (nSPS) is 11.4. The molecule has 0 unspecified atom stereocenters. The van der Waals surface area contributed by atoms with Gasteiger partial charge in [0.05, 0.1) is 0 Å². The van der Waals surface area contributed by atoms with Gasteiger partial charge in [-0.05, 0) is 48.8 Å². The first-order chi connectivity index (χ1) is 7.81. The largest absolute Gasteiger partial charge is 0.306 e. The summed E-state index contributed by atoms with van der Waals surface area (Å²) in [6, 6.07) is 8.69. The van der Waals surface area contributed by atoms with Gasteiger partial charge < -0.3 is 4.90 Å². The van der Waals surface area contributed by atoms with Gasteiger partial charge in [-0.15, -0.1) is 11.3 Å². The summed E-state index contributed by atoms with van der Waals surface area (Å²) in [5, 5.41) is 3.75. The van der Waals surface area contributed by atoms with Crippen LogP contribution in [-0.2, 0) is 6.42 Å². The molecule has 1 aromatic heterocycles. The summed E-state index contributed by atoms with van der Waals surface area (Å²) in [5.41, 5.74) is 1.50. The van der Waals surface area contributed by atoms with Gasteiger partial charge in [0.1, 0.15) is 0 Å². The first-order valence-corrected chi connectivity index (χ1v) is 6.83. The Morgan fingerprint density at radius 3 is 2.81 bits per heavy atom. The van der Waals surface area contributed by atoms with Crippen LogP contribution in [0.1, 0.15) is 18.9 Å². The van der Waals surface area contributed by atoms with Crippen LogP contribution in [0.15, 0.2) is 29.6 Å². The molecule has 16 heavy (non-hydrogen) atoms. The van der Waals surface area contributed by atoms with Crippen molar-refractivity contribution in [1.29, 1.82) is 0 Å². The van der Waals surface area contributed by atoms with Crippen molar-refractivity contribution in [2.45, 2.75) is 19.8 Å². The Morgan fingerprint density at radius 2 is 2.00 bits per heavy atom. The first-order valence-electron chi connectivity index (χ1n) is 5.95. The second-order valence-corrected chi connectivity index (χ2v) is 5.22. The summed E-state index contributed by atoms with van der Waals surface area (Å²) in [6.07, 6.45) is 2.40. The maximum Gasteiger partial charge on any atom is 0.0345 e. The zero-order valence-corrected chi connectivity index (χ0v) is 10.9. The molecule has 0 fully saturated rings. The van der Waals surface area contributed by atoms with Gasteiger partial charge in [-0.2, -0.15) is 0 Å². The highest BCUT2D eigenvalue weighted by Gasteiger charge is 2.04. The minimum atomic E-state index is 1.16. The number of fused-ring (bicyclic) bond motifs is 1. The predicted octanol–water partition coefficient (Wildman–Crippen LogP) is 3.79. The summed E-state index contributed by atoms with van der Waals surface area (Å²) in [4.78, 5) is 2.41. The number of hydrogen-bond acceptors (Lipinski definition) is 2. The van der Waals surface area contributed by atoms with Gasteiger partial charge in [0, 0.05) is 11.2 Å². The summed E-state index contributed by atoms with van der Waals surface area (Å²) in [6.45, 7) is 4.59. The third-order valence-electron chi connectivity index (χ3n) is 2.93. The van der Waals surface area contributed by atoms with Crippen molar-refractivity contribution in [3.63, 3.8) is 0 Å². The molecule has 1 heterocycles. The lowest BCUT2D eigenvalue weighted by Crippen LogP contribution is -2.21. The second kappa shape index (κ2) is 5.46. The van der Waals surface area contributed by atoms with Gasteiger partial charge in [0.2, 0.25) is 0 Å². The van der Waals surface area contributed by atoms with Crippen molar-refractivity contribution in [2.24, 2.45) is 0 Å². The SMILES string of the molecule is CCCN(C)CCc1csc2ccccc12. The zero-order chi connectivity index (χ0) is 11.4. The number of benzene rings is 1. The Hall–Kier alpha value is -0.860. The molecule has 2 rings (SSSR count). The maximum atomic E-state index is 2.41. The molecular formula is C14H19NS. The van der Waals surface area contributed by atoms with Gasteiger partial charge in [0.15, 0.2) is 0 Å². The molecule has 0 aliphatic carbocycles. The highest BCUT2D eigenvalue weighted by molar-refractivity contribution is 7.17. The highest BCUT2D eigenvalue weighted by atomic mass is 32.1. The quantitative estimate of drug-likeness (QED) is 0.759. The molecule has 0 atom stereocenters. The minimum Gasteiger partial charge on any atom is -0.306 e. The van der Waals surface area contributed by atoms with E-state index in [2.05, 4.69) is 48.5 Å². The van der Waals surface area contributed by atoms with Crippen LogP contribution in [0.4, 0.5) is 0 Å². The first kappa shape index (κ1) is 11.6. The highest BCUT2D eigenvalue weighted by Crippen LogP contribution is 2.25. The monoisotopic (exact) mass is 233 g/mol. The van der Waals surface area contributed by atoms with E-state index in [4.69, 9.17) is 0 Å². The summed E-state index contributed by atoms with van der Waals surface area (Å²) < 4.78 is 1.41. The van der Waals surface area contributed by atoms with Crippen molar-refractivity contribution in [2.75, 3.05) is 20.1 Å². The molecule has 2 heteroatoms. The van der Waals surface area contributed by atoms with Gasteiger partial charge in [-0.1, -0.05) is 25.1 Å². The van der Waals surface area contributed by atoms with Crippen molar-refractivity contribution < 1.29 is 0 Å². The van der Waals surface area contributed by atoms with E-state index in [0.717, 1.165) is 6.54 Å². The molecule has 0 aliphatic rings. The average molecular weight is 233 g/mol. The molecule has 0 saturated carbocycles. The molecule has 1 nitrogen and oxygen atoms in total. The third-order valence-corrected chi connectivity index (χ3v) is 3.94. The van der Waals surface area contributed by atoms with Crippen LogP contribution >= 0.6 is 11.3 Å². The van der Waals surface area contributed by atoms with Crippen LogP contribution in [-0.4, -0.2) is 25.0 Å². The Kier molecular flexibility index (Phi) is 3.97. The van der Waals surface area contributed by atoms with E-state index in [-0.39, 0.29) is 0 Å². The van der Waals surface area contributed by atoms with Crippen molar-refractivity contribution >= 4 is 21.4 Å². The molecule has 0 radical (unpaired) electrons. The van der Waals surface area contributed by atoms with Crippen molar-refractivity contribution in [3.05, 3.63) is 35.2 Å². The lowest BCUT2D eigenvalue weighted by atomic mass is 10.1. The van der Waals surface area contributed by atoms with Gasteiger partial charge >= 0.3 is 0 Å². The van der Waals surface area contributed by atoms with Crippen LogP contribution < -0.4 is 0 Å². The van der Waals surface area contributed by atoms with E-state index in [0.29, 0.717) is 0 Å². The van der Waals surface area contributed by atoms with Crippen LogP contribution in [0.3, 0.4) is 0 Å². The van der Waals surface area contributed by atoms with Crippen LogP contribution in [0.25, 0.3) is 10.1 Å². The van der Waals surface area contributed by atoms with E-state index in [9.17, 15) is 0 Å². The summed E-state index contributed by atoms with van der Waals surface area (Å²) >= 11 is 1.86. The van der Waals surface area contributed by atoms with Crippen LogP contribution in [0.2, 0.25) is 0 Å². The lowest BCUT2D eigenvalue weighted by Gasteiger charge is -2.14. The molecule has 1 aromatic carbocycles. The van der Waals surface area contributed by atoms with E-state index in [1.54, 1.807) is 0 Å². The van der Waals surface area contributed by atoms with E-state index < -0.39 is 0 Å². The predicted molar refractivity (Wildman–Crippen MR) is 73.3 cm³/mol. The minimum absolute atomic E-state index is 1.16.